The van der Waals surface area contributed by atoms with Gasteiger partial charge in [-0.15, -0.1) is 0 Å². The number of carbonyl (C=O) groups is 1. The lowest BCUT2D eigenvalue weighted by atomic mass is 10.2. The maximum absolute atomic E-state index is 11.9. The lowest BCUT2D eigenvalue weighted by Gasteiger charge is -2.19. The van der Waals surface area contributed by atoms with Crippen LogP contribution in [0.3, 0.4) is 0 Å². The first-order chi connectivity index (χ1) is 15.6. The van der Waals surface area contributed by atoms with Crippen LogP contribution in [-0.4, -0.2) is 43.8 Å². The predicted molar refractivity (Wildman–Crippen MR) is 132 cm³/mol. The number of aromatic nitrogens is 2. The number of nitrogens with one attached hydrogen (secondary N) is 3. The van der Waals surface area contributed by atoms with Gasteiger partial charge in [0.05, 0.1) is 5.75 Å². The van der Waals surface area contributed by atoms with Crippen LogP contribution < -0.4 is 20.9 Å². The van der Waals surface area contributed by atoms with E-state index in [4.69, 9.17) is 0 Å². The Morgan fingerprint density at radius 1 is 1.06 bits per heavy atom. The Labute approximate surface area is 194 Å². The molecule has 0 radical (unpaired) electrons. The second kappa shape index (κ2) is 10.3. The van der Waals surface area contributed by atoms with Crippen molar-refractivity contribution in [2.45, 2.75) is 25.6 Å². The van der Waals surface area contributed by atoms with Crippen molar-refractivity contribution >= 4 is 44.7 Å². The van der Waals surface area contributed by atoms with E-state index in [-0.39, 0.29) is 17.8 Å². The van der Waals surface area contributed by atoms with Gasteiger partial charge in [-0.05, 0) is 61.9 Å². The molecule has 0 fully saturated rings. The fraction of sp³-hybridized carbons (Fsp3) is 0.261. The SMILES string of the molecule is CC(C)NC(=O)Nc1ccc(N(C)c2ccnc(Nc3cccc(CS(C)(=O)=O)c3)n2)cc1. The number of carbonyl (C=O) groups excluding carboxylic acids is 1. The van der Waals surface area contributed by atoms with Gasteiger partial charge in [0, 0.05) is 42.6 Å². The molecular weight excluding hydrogens is 440 g/mol. The highest BCUT2D eigenvalue weighted by molar-refractivity contribution is 7.89. The Balaban J connectivity index is 1.70. The summed E-state index contributed by atoms with van der Waals surface area (Å²) in [5, 5.41) is 8.70. The maximum Gasteiger partial charge on any atom is 0.319 e. The van der Waals surface area contributed by atoms with Gasteiger partial charge >= 0.3 is 6.03 Å². The zero-order chi connectivity index (χ0) is 24.0. The van der Waals surface area contributed by atoms with Crippen molar-refractivity contribution in [2.24, 2.45) is 0 Å². The molecule has 3 rings (SSSR count). The summed E-state index contributed by atoms with van der Waals surface area (Å²) >= 11 is 0. The lowest BCUT2D eigenvalue weighted by Crippen LogP contribution is -2.34. The Morgan fingerprint density at radius 3 is 2.45 bits per heavy atom. The summed E-state index contributed by atoms with van der Waals surface area (Å²) in [7, 11) is -1.24. The quantitative estimate of drug-likeness (QED) is 0.456. The minimum absolute atomic E-state index is 0.0316. The summed E-state index contributed by atoms with van der Waals surface area (Å²) in [6, 6.07) is 16.1. The van der Waals surface area contributed by atoms with Gasteiger partial charge in [0.1, 0.15) is 5.82 Å². The van der Waals surface area contributed by atoms with E-state index in [1.165, 1.54) is 6.26 Å². The predicted octanol–water partition coefficient (Wildman–Crippen LogP) is 4.06. The number of urea groups is 1. The van der Waals surface area contributed by atoms with Crippen molar-refractivity contribution in [1.29, 1.82) is 0 Å². The number of rotatable bonds is 8. The van der Waals surface area contributed by atoms with Crippen LogP contribution in [0.4, 0.5) is 33.6 Å². The maximum atomic E-state index is 11.9. The van der Waals surface area contributed by atoms with Gasteiger partial charge in [-0.1, -0.05) is 12.1 Å². The second-order valence-corrected chi connectivity index (χ2v) is 10.1. The van der Waals surface area contributed by atoms with Crippen molar-refractivity contribution in [2.75, 3.05) is 28.8 Å². The minimum Gasteiger partial charge on any atom is -0.336 e. The van der Waals surface area contributed by atoms with Crippen LogP contribution in [0.2, 0.25) is 0 Å². The number of anilines is 5. The number of hydrogen-bond acceptors (Lipinski definition) is 7. The molecule has 10 heteroatoms. The third-order valence-electron chi connectivity index (χ3n) is 4.53. The van der Waals surface area contributed by atoms with Crippen LogP contribution in [0.5, 0.6) is 0 Å². The summed E-state index contributed by atoms with van der Waals surface area (Å²) in [6.45, 7) is 3.80. The van der Waals surface area contributed by atoms with Crippen molar-refractivity contribution in [3.8, 4) is 0 Å². The molecule has 3 N–H and O–H groups in total. The van der Waals surface area contributed by atoms with Gasteiger partial charge in [-0.25, -0.2) is 18.2 Å². The van der Waals surface area contributed by atoms with Gasteiger partial charge in [-0.2, -0.15) is 4.98 Å². The van der Waals surface area contributed by atoms with Crippen molar-refractivity contribution in [3.63, 3.8) is 0 Å². The van der Waals surface area contributed by atoms with Crippen LogP contribution in [0, 0.1) is 0 Å². The van der Waals surface area contributed by atoms with E-state index < -0.39 is 9.84 Å². The smallest absolute Gasteiger partial charge is 0.319 e. The van der Waals surface area contributed by atoms with E-state index in [2.05, 4.69) is 25.9 Å². The van der Waals surface area contributed by atoms with Gasteiger partial charge in [0.25, 0.3) is 0 Å². The molecule has 0 aliphatic carbocycles. The Morgan fingerprint density at radius 2 is 1.79 bits per heavy atom. The summed E-state index contributed by atoms with van der Waals surface area (Å²) < 4.78 is 23.1. The molecule has 3 aromatic rings. The fourth-order valence-electron chi connectivity index (χ4n) is 3.10. The standard InChI is InChI=1S/C23H28N6O3S/c1-16(2)25-23(30)27-18-8-10-20(11-9-18)29(3)21-12-13-24-22(28-21)26-19-7-5-6-17(14-19)15-33(4,31)32/h5-14,16H,15H2,1-4H3,(H,24,26,28)(H2,25,27,30). The van der Waals surface area contributed by atoms with Gasteiger partial charge < -0.3 is 20.9 Å². The molecular formula is C23H28N6O3S. The molecule has 0 atom stereocenters. The first kappa shape index (κ1) is 24.0. The molecule has 0 aliphatic heterocycles. The van der Waals surface area contributed by atoms with E-state index in [0.29, 0.717) is 28.7 Å². The fourth-order valence-corrected chi connectivity index (χ4v) is 3.88. The number of nitrogens with zero attached hydrogens (tertiary/aromatic N) is 3. The summed E-state index contributed by atoms with van der Waals surface area (Å²) in [5.41, 5.74) is 2.95. The Bertz CT molecular complexity index is 1210. The van der Waals surface area contributed by atoms with E-state index in [1.807, 2.05) is 56.1 Å². The van der Waals surface area contributed by atoms with Crippen LogP contribution in [0.1, 0.15) is 19.4 Å². The molecule has 0 unspecified atom stereocenters. The second-order valence-electron chi connectivity index (χ2n) is 7.99. The van der Waals surface area contributed by atoms with Crippen LogP contribution >= 0.6 is 0 Å². The Hall–Kier alpha value is -3.66. The minimum atomic E-state index is -3.12. The number of sulfone groups is 1. The normalized spacial score (nSPS) is 11.2. The third-order valence-corrected chi connectivity index (χ3v) is 5.39. The highest BCUT2D eigenvalue weighted by Crippen LogP contribution is 2.25. The largest absolute Gasteiger partial charge is 0.336 e. The summed E-state index contributed by atoms with van der Waals surface area (Å²) in [5.74, 6) is 1.02. The topological polar surface area (TPSA) is 116 Å². The van der Waals surface area contributed by atoms with Crippen molar-refractivity contribution < 1.29 is 13.2 Å². The molecule has 2 aromatic carbocycles. The average Bonchev–Trinajstić information content (AvgIpc) is 2.72. The van der Waals surface area contributed by atoms with Crippen molar-refractivity contribution in [1.82, 2.24) is 15.3 Å². The number of benzene rings is 2. The molecule has 2 amide bonds. The van der Waals surface area contributed by atoms with E-state index >= 15 is 0 Å². The van der Waals surface area contributed by atoms with Crippen LogP contribution in [-0.2, 0) is 15.6 Å². The van der Waals surface area contributed by atoms with Crippen LogP contribution in [0.25, 0.3) is 0 Å². The Kier molecular flexibility index (Phi) is 7.49. The highest BCUT2D eigenvalue weighted by Gasteiger charge is 2.10. The molecule has 9 nitrogen and oxygen atoms in total. The number of amides is 2. The summed E-state index contributed by atoms with van der Waals surface area (Å²) in [6.07, 6.45) is 2.85. The molecule has 0 saturated heterocycles. The molecule has 1 aromatic heterocycles. The van der Waals surface area contributed by atoms with Gasteiger partial charge in [0.15, 0.2) is 9.84 Å². The van der Waals surface area contributed by atoms with E-state index in [0.717, 1.165) is 5.69 Å². The first-order valence-corrected chi connectivity index (χ1v) is 12.4. The zero-order valence-electron chi connectivity index (χ0n) is 19.0. The zero-order valence-corrected chi connectivity index (χ0v) is 19.8. The van der Waals surface area contributed by atoms with Crippen LogP contribution in [0.15, 0.2) is 60.8 Å². The molecule has 0 spiro atoms. The molecule has 174 valence electrons. The molecule has 1 heterocycles. The summed E-state index contributed by atoms with van der Waals surface area (Å²) in [4.78, 5) is 22.6. The van der Waals surface area contributed by atoms with Gasteiger partial charge in [0.2, 0.25) is 5.95 Å². The molecule has 33 heavy (non-hydrogen) atoms. The number of hydrogen-bond donors (Lipinski definition) is 3. The molecule has 0 saturated carbocycles. The first-order valence-electron chi connectivity index (χ1n) is 10.4. The molecule has 0 aliphatic rings. The van der Waals surface area contributed by atoms with Crippen molar-refractivity contribution in [3.05, 3.63) is 66.4 Å². The van der Waals surface area contributed by atoms with E-state index in [9.17, 15) is 13.2 Å². The lowest BCUT2D eigenvalue weighted by molar-refractivity contribution is 0.250. The highest BCUT2D eigenvalue weighted by atomic mass is 32.2. The van der Waals surface area contributed by atoms with E-state index in [1.54, 1.807) is 30.5 Å². The monoisotopic (exact) mass is 468 g/mol. The third kappa shape index (κ3) is 7.46. The molecule has 0 bridgehead atoms. The van der Waals surface area contributed by atoms with Gasteiger partial charge in [-0.3, -0.25) is 0 Å². The average molecular weight is 469 g/mol.